The molecular formula is C12H14OS2. The first-order chi connectivity index (χ1) is 7.20. The Bertz CT molecular complexity index is 454. The van der Waals surface area contributed by atoms with Gasteiger partial charge in [-0.25, -0.2) is 0 Å². The number of hydrogen-bond acceptors (Lipinski definition) is 3. The normalized spacial score (nSPS) is 10.9. The Labute approximate surface area is 98.0 Å². The van der Waals surface area contributed by atoms with Crippen LogP contribution < -0.4 is 0 Å². The van der Waals surface area contributed by atoms with Gasteiger partial charge < -0.3 is 5.11 Å². The monoisotopic (exact) mass is 238 g/mol. The third-order valence-electron chi connectivity index (χ3n) is 2.38. The molecule has 15 heavy (non-hydrogen) atoms. The lowest BCUT2D eigenvalue weighted by Crippen LogP contribution is -1.88. The van der Waals surface area contributed by atoms with E-state index in [0.29, 0.717) is 0 Å². The van der Waals surface area contributed by atoms with Gasteiger partial charge in [0.25, 0.3) is 0 Å². The van der Waals surface area contributed by atoms with E-state index in [2.05, 4.69) is 32.0 Å². The minimum absolute atomic E-state index is 0.237. The van der Waals surface area contributed by atoms with Crippen LogP contribution in [0.5, 0.6) is 0 Å². The summed E-state index contributed by atoms with van der Waals surface area (Å²) in [4.78, 5) is 5.34. The fourth-order valence-corrected chi connectivity index (χ4v) is 3.60. The largest absolute Gasteiger partial charge is 0.396 e. The van der Waals surface area contributed by atoms with Gasteiger partial charge >= 0.3 is 0 Å². The fraction of sp³-hybridized carbons (Fsp3) is 0.333. The smallest absolute Gasteiger partial charge is 0.0471 e. The standard InChI is InChI=1S/C12H14OS2/c1-8-3-4-11(14-8)12-7-10(5-6-13)9(2)15-12/h3-4,7,13H,5-6H2,1-2H3. The van der Waals surface area contributed by atoms with Crippen LogP contribution in [-0.2, 0) is 6.42 Å². The summed E-state index contributed by atoms with van der Waals surface area (Å²) in [5.74, 6) is 0. The van der Waals surface area contributed by atoms with E-state index < -0.39 is 0 Å². The summed E-state index contributed by atoms with van der Waals surface area (Å²) in [5.41, 5.74) is 1.28. The molecule has 2 aromatic heterocycles. The lowest BCUT2D eigenvalue weighted by Gasteiger charge is -1.92. The van der Waals surface area contributed by atoms with E-state index in [9.17, 15) is 0 Å². The molecular weight excluding hydrogens is 224 g/mol. The van der Waals surface area contributed by atoms with Crippen molar-refractivity contribution in [1.29, 1.82) is 0 Å². The Balaban J connectivity index is 2.33. The summed E-state index contributed by atoms with van der Waals surface area (Å²) in [6, 6.07) is 6.54. The van der Waals surface area contributed by atoms with Gasteiger partial charge in [-0.3, -0.25) is 0 Å². The van der Waals surface area contributed by atoms with E-state index in [1.807, 2.05) is 22.7 Å². The van der Waals surface area contributed by atoms with Crippen LogP contribution in [0, 0.1) is 13.8 Å². The molecule has 2 aromatic rings. The topological polar surface area (TPSA) is 20.2 Å². The number of rotatable bonds is 3. The van der Waals surface area contributed by atoms with Crippen molar-refractivity contribution in [2.75, 3.05) is 6.61 Å². The summed E-state index contributed by atoms with van der Waals surface area (Å²) in [6.45, 7) is 4.49. The third-order valence-corrected chi connectivity index (χ3v) is 4.67. The van der Waals surface area contributed by atoms with E-state index in [0.717, 1.165) is 6.42 Å². The van der Waals surface area contributed by atoms with E-state index in [-0.39, 0.29) is 6.61 Å². The molecule has 0 fully saturated rings. The van der Waals surface area contributed by atoms with Crippen LogP contribution in [0.1, 0.15) is 15.3 Å². The van der Waals surface area contributed by atoms with Crippen LogP contribution >= 0.6 is 22.7 Å². The highest BCUT2D eigenvalue weighted by Crippen LogP contribution is 2.35. The zero-order chi connectivity index (χ0) is 10.8. The number of hydrogen-bond donors (Lipinski definition) is 1. The number of aliphatic hydroxyl groups excluding tert-OH is 1. The van der Waals surface area contributed by atoms with Gasteiger partial charge in [0, 0.05) is 26.1 Å². The van der Waals surface area contributed by atoms with Gasteiger partial charge in [-0.1, -0.05) is 0 Å². The van der Waals surface area contributed by atoms with Crippen molar-refractivity contribution in [1.82, 2.24) is 0 Å². The molecule has 0 aliphatic heterocycles. The zero-order valence-corrected chi connectivity index (χ0v) is 10.5. The first-order valence-corrected chi connectivity index (χ1v) is 6.61. The van der Waals surface area contributed by atoms with E-state index in [4.69, 9.17) is 5.11 Å². The Morgan fingerprint density at radius 2 is 1.93 bits per heavy atom. The van der Waals surface area contributed by atoms with E-state index in [1.54, 1.807) is 0 Å². The molecule has 1 nitrogen and oxygen atoms in total. The molecule has 0 aromatic carbocycles. The minimum atomic E-state index is 0.237. The molecule has 0 aliphatic rings. The lowest BCUT2D eigenvalue weighted by molar-refractivity contribution is 0.299. The molecule has 3 heteroatoms. The van der Waals surface area contributed by atoms with Crippen molar-refractivity contribution in [3.8, 4) is 9.75 Å². The Hall–Kier alpha value is -0.640. The maximum atomic E-state index is 8.94. The average Bonchev–Trinajstić information content (AvgIpc) is 2.75. The molecule has 0 atom stereocenters. The van der Waals surface area contributed by atoms with Crippen molar-refractivity contribution in [2.24, 2.45) is 0 Å². The van der Waals surface area contributed by atoms with Gasteiger partial charge in [-0.2, -0.15) is 0 Å². The molecule has 0 unspecified atom stereocenters. The van der Waals surface area contributed by atoms with Gasteiger partial charge in [0.05, 0.1) is 0 Å². The molecule has 0 bridgehead atoms. The highest BCUT2D eigenvalue weighted by atomic mass is 32.1. The molecule has 2 heterocycles. The molecule has 0 saturated carbocycles. The predicted octanol–water partition coefficient (Wildman–Crippen LogP) is 3.63. The van der Waals surface area contributed by atoms with Crippen molar-refractivity contribution in [3.63, 3.8) is 0 Å². The number of aliphatic hydroxyl groups is 1. The average molecular weight is 238 g/mol. The molecule has 80 valence electrons. The molecule has 0 aliphatic carbocycles. The van der Waals surface area contributed by atoms with Gasteiger partial charge in [-0.15, -0.1) is 22.7 Å². The molecule has 0 saturated heterocycles. The first kappa shape index (κ1) is 10.9. The molecule has 2 rings (SSSR count). The Kier molecular flexibility index (Phi) is 3.24. The van der Waals surface area contributed by atoms with Crippen molar-refractivity contribution in [2.45, 2.75) is 20.3 Å². The number of thiophene rings is 2. The second kappa shape index (κ2) is 4.47. The van der Waals surface area contributed by atoms with Crippen LogP contribution in [0.2, 0.25) is 0 Å². The van der Waals surface area contributed by atoms with Crippen molar-refractivity contribution < 1.29 is 5.11 Å². The second-order valence-corrected chi connectivity index (χ2v) is 6.12. The van der Waals surface area contributed by atoms with Crippen molar-refractivity contribution >= 4 is 22.7 Å². The predicted molar refractivity (Wildman–Crippen MR) is 67.9 cm³/mol. The van der Waals surface area contributed by atoms with Crippen LogP contribution in [0.25, 0.3) is 9.75 Å². The van der Waals surface area contributed by atoms with Crippen LogP contribution in [-0.4, -0.2) is 11.7 Å². The fourth-order valence-electron chi connectivity index (χ4n) is 1.58. The Morgan fingerprint density at radius 1 is 1.13 bits per heavy atom. The third kappa shape index (κ3) is 2.30. The van der Waals surface area contributed by atoms with Gasteiger partial charge in [0.15, 0.2) is 0 Å². The van der Waals surface area contributed by atoms with Crippen molar-refractivity contribution in [3.05, 3.63) is 33.5 Å². The summed E-state index contributed by atoms with van der Waals surface area (Å²) in [6.07, 6.45) is 0.771. The quantitative estimate of drug-likeness (QED) is 0.865. The highest BCUT2D eigenvalue weighted by Gasteiger charge is 2.08. The zero-order valence-electron chi connectivity index (χ0n) is 8.91. The second-order valence-electron chi connectivity index (χ2n) is 3.58. The molecule has 1 N–H and O–H groups in total. The summed E-state index contributed by atoms with van der Waals surface area (Å²) >= 11 is 3.65. The molecule has 0 amide bonds. The van der Waals surface area contributed by atoms with Crippen LogP contribution in [0.4, 0.5) is 0 Å². The lowest BCUT2D eigenvalue weighted by atomic mass is 10.2. The minimum Gasteiger partial charge on any atom is -0.396 e. The van der Waals surface area contributed by atoms with Crippen LogP contribution in [0.3, 0.4) is 0 Å². The molecule has 0 radical (unpaired) electrons. The highest BCUT2D eigenvalue weighted by molar-refractivity contribution is 7.22. The van der Waals surface area contributed by atoms with Gasteiger partial charge in [0.2, 0.25) is 0 Å². The van der Waals surface area contributed by atoms with Gasteiger partial charge in [-0.05, 0) is 44.0 Å². The number of aryl methyl sites for hydroxylation is 2. The van der Waals surface area contributed by atoms with Gasteiger partial charge in [0.1, 0.15) is 0 Å². The maximum absolute atomic E-state index is 8.94. The molecule has 0 spiro atoms. The summed E-state index contributed by atoms with van der Waals surface area (Å²) in [7, 11) is 0. The first-order valence-electron chi connectivity index (χ1n) is 4.97. The van der Waals surface area contributed by atoms with E-state index in [1.165, 1.54) is 25.1 Å². The Morgan fingerprint density at radius 3 is 2.53 bits per heavy atom. The summed E-state index contributed by atoms with van der Waals surface area (Å²) < 4.78 is 0. The summed E-state index contributed by atoms with van der Waals surface area (Å²) in [5, 5.41) is 8.94. The SMILES string of the molecule is Cc1ccc(-c2cc(CCO)c(C)s2)s1. The van der Waals surface area contributed by atoms with Crippen LogP contribution in [0.15, 0.2) is 18.2 Å². The van der Waals surface area contributed by atoms with E-state index >= 15 is 0 Å². The maximum Gasteiger partial charge on any atom is 0.0471 e.